The molecule has 74 valence electrons. The second kappa shape index (κ2) is 4.61. The van der Waals surface area contributed by atoms with E-state index in [9.17, 15) is 4.79 Å². The van der Waals surface area contributed by atoms with Crippen molar-refractivity contribution in [3.63, 3.8) is 0 Å². The van der Waals surface area contributed by atoms with E-state index in [0.29, 0.717) is 6.42 Å². The van der Waals surface area contributed by atoms with E-state index < -0.39 is 5.97 Å². The molecule has 0 bridgehead atoms. The highest BCUT2D eigenvalue weighted by Gasteiger charge is 1.96. The Labute approximate surface area is 83.9 Å². The second-order valence-electron chi connectivity index (χ2n) is 3.49. The maximum absolute atomic E-state index is 10.4. The van der Waals surface area contributed by atoms with Gasteiger partial charge in [-0.25, -0.2) is 4.79 Å². The molecule has 0 saturated heterocycles. The molecule has 0 aliphatic rings. The van der Waals surface area contributed by atoms with Gasteiger partial charge in [-0.3, -0.25) is 0 Å². The first kappa shape index (κ1) is 10.5. The molecule has 0 aliphatic carbocycles. The zero-order valence-corrected chi connectivity index (χ0v) is 8.45. The van der Waals surface area contributed by atoms with Gasteiger partial charge in [0, 0.05) is 6.08 Å². The Bertz CT molecular complexity index is 347. The normalized spacial score (nSPS) is 11.4. The lowest BCUT2D eigenvalue weighted by Crippen LogP contribution is -1.93. The number of benzene rings is 1. The average molecular weight is 190 g/mol. The van der Waals surface area contributed by atoms with Crippen molar-refractivity contribution >= 4 is 5.97 Å². The molecule has 0 aliphatic heterocycles. The molecule has 2 heteroatoms. The summed E-state index contributed by atoms with van der Waals surface area (Å²) >= 11 is 0. The lowest BCUT2D eigenvalue weighted by molar-refractivity contribution is -0.131. The van der Waals surface area contributed by atoms with Gasteiger partial charge in [-0.2, -0.15) is 0 Å². The van der Waals surface area contributed by atoms with E-state index in [4.69, 9.17) is 5.11 Å². The summed E-state index contributed by atoms with van der Waals surface area (Å²) in [6.07, 6.45) is 1.95. The van der Waals surface area contributed by atoms with E-state index in [0.717, 1.165) is 11.1 Å². The summed E-state index contributed by atoms with van der Waals surface area (Å²) in [6.45, 7) is 3.86. The Kier molecular flexibility index (Phi) is 3.46. The van der Waals surface area contributed by atoms with Crippen LogP contribution in [0, 0.1) is 6.92 Å². The fourth-order valence-corrected chi connectivity index (χ4v) is 1.29. The van der Waals surface area contributed by atoms with Gasteiger partial charge in [0.05, 0.1) is 0 Å². The number of aliphatic carboxylic acids is 1. The van der Waals surface area contributed by atoms with Crippen LogP contribution in [0.15, 0.2) is 35.9 Å². The Hall–Kier alpha value is -1.57. The molecule has 1 N–H and O–H groups in total. The monoisotopic (exact) mass is 190 g/mol. The topological polar surface area (TPSA) is 37.3 Å². The Balaban J connectivity index is 2.69. The smallest absolute Gasteiger partial charge is 0.328 e. The maximum Gasteiger partial charge on any atom is 0.328 e. The molecule has 0 spiro atoms. The molecule has 0 saturated carbocycles. The van der Waals surface area contributed by atoms with Gasteiger partial charge in [0.25, 0.3) is 0 Å². The lowest BCUT2D eigenvalue weighted by Gasteiger charge is -2.01. The van der Waals surface area contributed by atoms with Gasteiger partial charge in [0.15, 0.2) is 0 Å². The van der Waals surface area contributed by atoms with Gasteiger partial charge in [0.1, 0.15) is 0 Å². The van der Waals surface area contributed by atoms with Crippen LogP contribution in [-0.2, 0) is 11.2 Å². The molecule has 0 amide bonds. The standard InChI is InChI=1S/C12H14O2/c1-9-3-5-11(6-4-9)7-10(2)8-12(13)14/h3-6,8H,7H2,1-2H3,(H,13,14)/b10-8+. The minimum Gasteiger partial charge on any atom is -0.478 e. The van der Waals surface area contributed by atoms with E-state index in [-0.39, 0.29) is 0 Å². The molecule has 14 heavy (non-hydrogen) atoms. The van der Waals surface area contributed by atoms with Crippen molar-refractivity contribution in [2.45, 2.75) is 20.3 Å². The largest absolute Gasteiger partial charge is 0.478 e. The van der Waals surface area contributed by atoms with Crippen LogP contribution in [0.5, 0.6) is 0 Å². The minimum atomic E-state index is -0.880. The molecule has 1 rings (SSSR count). The molecule has 0 aromatic heterocycles. The predicted molar refractivity (Wildman–Crippen MR) is 56.3 cm³/mol. The number of hydrogen-bond acceptors (Lipinski definition) is 1. The first-order chi connectivity index (χ1) is 6.58. The van der Waals surface area contributed by atoms with Crippen molar-refractivity contribution in [3.8, 4) is 0 Å². The summed E-state index contributed by atoms with van der Waals surface area (Å²) in [4.78, 5) is 10.4. The van der Waals surface area contributed by atoms with Crippen LogP contribution >= 0.6 is 0 Å². The Morgan fingerprint density at radius 2 is 1.93 bits per heavy atom. The molecule has 0 radical (unpaired) electrons. The van der Waals surface area contributed by atoms with Gasteiger partial charge >= 0.3 is 5.97 Å². The average Bonchev–Trinajstić information content (AvgIpc) is 2.07. The highest BCUT2D eigenvalue weighted by atomic mass is 16.4. The summed E-state index contributed by atoms with van der Waals surface area (Å²) in [6, 6.07) is 8.11. The van der Waals surface area contributed by atoms with Gasteiger partial charge in [-0.1, -0.05) is 35.4 Å². The van der Waals surface area contributed by atoms with Gasteiger partial charge < -0.3 is 5.11 Å². The number of carboxylic acid groups (broad SMARTS) is 1. The van der Waals surface area contributed by atoms with Crippen LogP contribution in [0.4, 0.5) is 0 Å². The van der Waals surface area contributed by atoms with Crippen molar-refractivity contribution in [3.05, 3.63) is 47.0 Å². The summed E-state index contributed by atoms with van der Waals surface area (Å²) in [7, 11) is 0. The number of carbonyl (C=O) groups is 1. The molecule has 1 aromatic rings. The quantitative estimate of drug-likeness (QED) is 0.744. The lowest BCUT2D eigenvalue weighted by atomic mass is 10.0. The van der Waals surface area contributed by atoms with Gasteiger partial charge in [0.2, 0.25) is 0 Å². The van der Waals surface area contributed by atoms with Crippen LogP contribution in [0.1, 0.15) is 18.1 Å². The van der Waals surface area contributed by atoms with Crippen LogP contribution in [0.25, 0.3) is 0 Å². The summed E-state index contributed by atoms with van der Waals surface area (Å²) < 4.78 is 0. The highest BCUT2D eigenvalue weighted by molar-refractivity contribution is 5.80. The fraction of sp³-hybridized carbons (Fsp3) is 0.250. The molecule has 1 aromatic carbocycles. The number of carboxylic acids is 1. The highest BCUT2D eigenvalue weighted by Crippen LogP contribution is 2.08. The number of allylic oxidation sites excluding steroid dienone is 1. The molecule has 0 heterocycles. The van der Waals surface area contributed by atoms with Crippen LogP contribution < -0.4 is 0 Å². The molecular weight excluding hydrogens is 176 g/mol. The molecular formula is C12H14O2. The first-order valence-electron chi connectivity index (χ1n) is 4.53. The van der Waals surface area contributed by atoms with Crippen molar-refractivity contribution in [2.75, 3.05) is 0 Å². The van der Waals surface area contributed by atoms with Crippen molar-refractivity contribution in [1.29, 1.82) is 0 Å². The van der Waals surface area contributed by atoms with Crippen LogP contribution in [-0.4, -0.2) is 11.1 Å². The van der Waals surface area contributed by atoms with Crippen LogP contribution in [0.2, 0.25) is 0 Å². The molecule has 0 atom stereocenters. The summed E-state index contributed by atoms with van der Waals surface area (Å²) in [5.41, 5.74) is 3.22. The number of aryl methyl sites for hydroxylation is 1. The van der Waals surface area contributed by atoms with Gasteiger partial charge in [-0.05, 0) is 25.8 Å². The maximum atomic E-state index is 10.4. The summed E-state index contributed by atoms with van der Waals surface area (Å²) in [5.74, 6) is -0.880. The minimum absolute atomic E-state index is 0.701. The van der Waals surface area contributed by atoms with Crippen molar-refractivity contribution < 1.29 is 9.90 Å². The van der Waals surface area contributed by atoms with E-state index >= 15 is 0 Å². The third-order valence-electron chi connectivity index (χ3n) is 1.97. The molecule has 2 nitrogen and oxygen atoms in total. The van der Waals surface area contributed by atoms with Crippen molar-refractivity contribution in [1.82, 2.24) is 0 Å². The zero-order valence-electron chi connectivity index (χ0n) is 8.45. The van der Waals surface area contributed by atoms with Gasteiger partial charge in [-0.15, -0.1) is 0 Å². The molecule has 0 unspecified atom stereocenters. The van der Waals surface area contributed by atoms with E-state index in [1.54, 1.807) is 0 Å². The SMILES string of the molecule is C/C(=C\C(=O)O)Cc1ccc(C)cc1. The first-order valence-corrected chi connectivity index (χ1v) is 4.53. The van der Waals surface area contributed by atoms with Crippen molar-refractivity contribution in [2.24, 2.45) is 0 Å². The third-order valence-corrected chi connectivity index (χ3v) is 1.97. The van der Waals surface area contributed by atoms with E-state index in [1.165, 1.54) is 11.6 Å². The van der Waals surface area contributed by atoms with Crippen LogP contribution in [0.3, 0.4) is 0 Å². The Morgan fingerprint density at radius 1 is 1.36 bits per heavy atom. The summed E-state index contributed by atoms with van der Waals surface area (Å²) in [5, 5.41) is 8.53. The second-order valence-corrected chi connectivity index (χ2v) is 3.49. The number of rotatable bonds is 3. The predicted octanol–water partition coefficient (Wildman–Crippen LogP) is 2.57. The Morgan fingerprint density at radius 3 is 2.43 bits per heavy atom. The fourth-order valence-electron chi connectivity index (χ4n) is 1.29. The third kappa shape index (κ3) is 3.44. The number of hydrogen-bond donors (Lipinski definition) is 1. The van der Waals surface area contributed by atoms with E-state index in [2.05, 4.69) is 0 Å². The molecule has 0 fully saturated rings. The van der Waals surface area contributed by atoms with E-state index in [1.807, 2.05) is 38.1 Å². The zero-order chi connectivity index (χ0) is 10.6.